The minimum absolute atomic E-state index is 0.144. The van der Waals surface area contributed by atoms with E-state index in [1.165, 1.54) is 0 Å². The molecule has 324 valence electrons. The van der Waals surface area contributed by atoms with Gasteiger partial charge in [-0.25, -0.2) is 9.59 Å². The van der Waals surface area contributed by atoms with Crippen molar-refractivity contribution >= 4 is 17.5 Å². The Morgan fingerprint density at radius 3 is 1.07 bits per heavy atom. The zero-order valence-electron chi connectivity index (χ0n) is 25.7. The van der Waals surface area contributed by atoms with Crippen molar-refractivity contribution in [2.24, 2.45) is 0 Å². The molecule has 1 aromatic carbocycles. The van der Waals surface area contributed by atoms with E-state index < -0.39 is 131 Å². The van der Waals surface area contributed by atoms with Crippen LogP contribution in [0.1, 0.15) is 30.4 Å². The van der Waals surface area contributed by atoms with Gasteiger partial charge in [0.1, 0.15) is 0 Å². The normalized spacial score (nSPS) is 15.8. The van der Waals surface area contributed by atoms with Crippen molar-refractivity contribution in [3.63, 3.8) is 0 Å². The molecular weight excluding hydrogens is 870 g/mol. The smallest absolute Gasteiger partial charge is 0.460 e. The number of benzene rings is 1. The van der Waals surface area contributed by atoms with Crippen LogP contribution in [-0.2, 0) is 16.0 Å². The van der Waals surface area contributed by atoms with Crippen molar-refractivity contribution in [2.75, 3.05) is 0 Å². The first-order valence-corrected chi connectivity index (χ1v) is 13.5. The molecule has 0 fully saturated rings. The highest BCUT2D eigenvalue weighted by molar-refractivity contribution is 6.22. The summed E-state index contributed by atoms with van der Waals surface area (Å²) in [5, 5.41) is 18.8. The minimum Gasteiger partial charge on any atom is -0.478 e. The number of carboxylic acid groups (broad SMARTS) is 2. The molecule has 0 spiro atoms. The fraction of sp³-hybridized carbons (Fsp3) is 0.615. The van der Waals surface area contributed by atoms with Gasteiger partial charge in [-0.15, -0.1) is 0 Å². The first kappa shape index (κ1) is 50.1. The Balaban J connectivity index is 3.78. The van der Waals surface area contributed by atoms with Crippen LogP contribution in [0.2, 0.25) is 0 Å². The topological polar surface area (TPSA) is 74.6 Å². The van der Waals surface area contributed by atoms with Gasteiger partial charge in [-0.05, 0) is 24.0 Å². The predicted molar refractivity (Wildman–Crippen MR) is 128 cm³/mol. The molecule has 56 heavy (non-hydrogen) atoms. The largest absolute Gasteiger partial charge is 0.478 e. The van der Waals surface area contributed by atoms with Crippen LogP contribution >= 0.6 is 0 Å². The number of carbonyl (C=O) groups is 2. The molecule has 0 bridgehead atoms. The third-order valence-electron chi connectivity index (χ3n) is 7.45. The number of hydrogen-bond acceptors (Lipinski definition) is 2. The van der Waals surface area contributed by atoms with Crippen LogP contribution in [0.15, 0.2) is 29.8 Å². The quantitative estimate of drug-likeness (QED) is 0.121. The molecule has 0 aromatic heterocycles. The molecule has 4 nitrogen and oxygen atoms in total. The van der Waals surface area contributed by atoms with E-state index in [2.05, 4.69) is 0 Å². The molecule has 2 N–H and O–H groups in total. The molecule has 0 aliphatic carbocycles. The molecule has 0 amide bonds. The summed E-state index contributed by atoms with van der Waals surface area (Å²) < 4.78 is 349. The molecule has 0 atom stereocenters. The second-order valence-electron chi connectivity index (χ2n) is 11.1. The first-order valence-electron chi connectivity index (χ1n) is 13.5. The molecule has 0 aliphatic heterocycles. The van der Waals surface area contributed by atoms with Crippen molar-refractivity contribution in [1.82, 2.24) is 0 Å². The summed E-state index contributed by atoms with van der Waals surface area (Å²) in [6, 6.07) is 1.33. The average molecular weight is 884 g/mol. The third kappa shape index (κ3) is 7.71. The van der Waals surface area contributed by atoms with E-state index in [-0.39, 0.29) is 12.1 Å². The maximum absolute atomic E-state index is 14.4. The molecule has 30 heteroatoms. The Morgan fingerprint density at radius 1 is 0.429 bits per heavy atom. The van der Waals surface area contributed by atoms with Crippen LogP contribution in [0.3, 0.4) is 0 Å². The van der Waals surface area contributed by atoms with Gasteiger partial charge in [0.05, 0.1) is 11.1 Å². The maximum Gasteiger partial charge on any atom is 0.460 e. The lowest BCUT2D eigenvalue weighted by Crippen LogP contribution is -2.70. The van der Waals surface area contributed by atoms with Crippen LogP contribution in [0, 0.1) is 0 Å². The predicted octanol–water partition coefficient (Wildman–Crippen LogP) is 10.8. The maximum atomic E-state index is 14.4. The molecule has 0 radical (unpaired) electrons. The van der Waals surface area contributed by atoms with Gasteiger partial charge < -0.3 is 10.2 Å². The monoisotopic (exact) mass is 884 g/mol. The van der Waals surface area contributed by atoms with Gasteiger partial charge >= 0.3 is 83.5 Å². The van der Waals surface area contributed by atoms with E-state index in [0.29, 0.717) is 12.1 Å². The second-order valence-corrected chi connectivity index (χ2v) is 11.1. The highest BCUT2D eigenvalue weighted by Crippen LogP contribution is 2.62. The standard InChI is InChI=1S/C26H14F26O4/c27-15(28,17(31,32)19(35,36)21(39,40)23(43,44)25(47,48)49)7-5-9-3-1-2-4-10(9)12(14(55)56)11(13(53)54)6-8-16(29,30)18(33,34)20(37,38)22(41,42)24(45,46)26(50,51)52/h1-4H,5-8H2,(H,53,54)(H,55,56). The lowest BCUT2D eigenvalue weighted by Gasteiger charge is -2.39. The van der Waals surface area contributed by atoms with Crippen LogP contribution in [-0.4, -0.2) is 93.7 Å². The number of halogens is 26. The fourth-order valence-electron chi connectivity index (χ4n) is 4.22. The van der Waals surface area contributed by atoms with Gasteiger partial charge in [-0.2, -0.15) is 114 Å². The Morgan fingerprint density at radius 2 is 0.750 bits per heavy atom. The summed E-state index contributed by atoms with van der Waals surface area (Å²) >= 11 is 0. The Kier molecular flexibility index (Phi) is 12.9. The third-order valence-corrected chi connectivity index (χ3v) is 7.45. The number of alkyl halides is 26. The van der Waals surface area contributed by atoms with Crippen molar-refractivity contribution < 1.29 is 134 Å². The Hall–Kier alpha value is -3.92. The molecule has 0 unspecified atom stereocenters. The summed E-state index contributed by atoms with van der Waals surface area (Å²) in [5.74, 6) is -85.4. The zero-order valence-corrected chi connectivity index (χ0v) is 25.7. The molecule has 0 aliphatic rings. The van der Waals surface area contributed by atoms with Crippen LogP contribution < -0.4 is 0 Å². The van der Waals surface area contributed by atoms with Crippen molar-refractivity contribution in [3.05, 3.63) is 41.0 Å². The van der Waals surface area contributed by atoms with E-state index in [4.69, 9.17) is 0 Å². The summed E-state index contributed by atoms with van der Waals surface area (Å²) in [6.45, 7) is 0. The molecule has 1 aromatic rings. The van der Waals surface area contributed by atoms with Crippen LogP contribution in [0.5, 0.6) is 0 Å². The van der Waals surface area contributed by atoms with E-state index in [1.54, 1.807) is 0 Å². The number of hydrogen-bond donors (Lipinski definition) is 2. The van der Waals surface area contributed by atoms with Crippen molar-refractivity contribution in [3.8, 4) is 0 Å². The Labute approximate surface area is 290 Å². The van der Waals surface area contributed by atoms with Gasteiger partial charge in [-0.1, -0.05) is 24.3 Å². The Bertz CT molecular complexity index is 1650. The zero-order chi connectivity index (χ0) is 45.1. The SMILES string of the molecule is O=C(O)C(CCC(F)(F)C(F)(F)C(F)(F)C(F)(F)C(F)(F)C(F)(F)F)=C(C(=O)O)c1ccccc1CCC(F)(F)C(F)(F)C(F)(F)C(F)(F)C(F)(F)C(F)(F)F. The lowest BCUT2D eigenvalue weighted by molar-refractivity contribution is -0.440. The van der Waals surface area contributed by atoms with E-state index in [0.717, 1.165) is 0 Å². The number of rotatable bonds is 17. The molecular formula is C26H14F26O4. The summed E-state index contributed by atoms with van der Waals surface area (Å²) in [6.07, 6.45) is -27.0. The van der Waals surface area contributed by atoms with Crippen LogP contribution in [0.4, 0.5) is 114 Å². The highest BCUT2D eigenvalue weighted by Gasteiger charge is 2.92. The van der Waals surface area contributed by atoms with Gasteiger partial charge in [0.15, 0.2) is 0 Å². The van der Waals surface area contributed by atoms with Gasteiger partial charge in [0, 0.05) is 12.8 Å². The molecule has 0 saturated carbocycles. The summed E-state index contributed by atoms with van der Waals surface area (Å²) in [7, 11) is 0. The highest BCUT2D eigenvalue weighted by atomic mass is 19.4. The number of aryl methyl sites for hydroxylation is 1. The van der Waals surface area contributed by atoms with E-state index >= 15 is 0 Å². The second kappa shape index (κ2) is 14.5. The average Bonchev–Trinajstić information content (AvgIpc) is 3.00. The van der Waals surface area contributed by atoms with Crippen LogP contribution in [0.25, 0.3) is 5.57 Å². The van der Waals surface area contributed by atoms with Crippen molar-refractivity contribution in [2.45, 2.75) is 97.3 Å². The van der Waals surface area contributed by atoms with Gasteiger partial charge in [0.2, 0.25) is 0 Å². The van der Waals surface area contributed by atoms with Gasteiger partial charge in [-0.3, -0.25) is 0 Å². The van der Waals surface area contributed by atoms with Gasteiger partial charge in [0.25, 0.3) is 0 Å². The first-order chi connectivity index (χ1) is 24.3. The summed E-state index contributed by atoms with van der Waals surface area (Å²) in [5.41, 5.74) is -7.56. The fourth-order valence-corrected chi connectivity index (χ4v) is 4.22. The molecule has 1 rings (SSSR count). The van der Waals surface area contributed by atoms with E-state index in [1.807, 2.05) is 0 Å². The molecule has 0 heterocycles. The van der Waals surface area contributed by atoms with E-state index in [9.17, 15) is 134 Å². The number of aliphatic carboxylic acids is 2. The van der Waals surface area contributed by atoms with Crippen molar-refractivity contribution in [1.29, 1.82) is 0 Å². The summed E-state index contributed by atoms with van der Waals surface area (Å²) in [4.78, 5) is 23.7. The lowest BCUT2D eigenvalue weighted by atomic mass is 9.87. The molecule has 0 saturated heterocycles. The minimum atomic E-state index is -8.42. The number of carboxylic acids is 2.